The average molecular weight is 267 g/mol. The second-order valence-electron chi connectivity index (χ2n) is 5.95. The van der Waals surface area contributed by atoms with Crippen LogP contribution in [-0.2, 0) is 6.42 Å². The molecule has 1 heterocycles. The smallest absolute Gasteiger partial charge is 0.263 e. The fraction of sp³-hybridized carbons (Fsp3) is 0.600. The highest BCUT2D eigenvalue weighted by molar-refractivity contribution is 5.38. The van der Waals surface area contributed by atoms with Gasteiger partial charge in [0.15, 0.2) is 0 Å². The van der Waals surface area contributed by atoms with Gasteiger partial charge < -0.3 is 10.1 Å². The van der Waals surface area contributed by atoms with Crippen LogP contribution in [0.5, 0.6) is 5.75 Å². The molecule has 0 amide bonds. The second-order valence-corrected chi connectivity index (χ2v) is 5.95. The number of ether oxygens (including phenoxy) is 1. The fourth-order valence-corrected chi connectivity index (χ4v) is 3.45. The highest BCUT2D eigenvalue weighted by Crippen LogP contribution is 2.50. The number of methoxy groups -OCH3 is 1. The molecule has 0 radical (unpaired) electrons. The minimum absolute atomic E-state index is 0.0360. The molecule has 1 aliphatic carbocycles. The normalized spacial score (nSPS) is 21.3. The van der Waals surface area contributed by atoms with E-state index in [1.54, 1.807) is 13.2 Å². The minimum atomic E-state index is -2.43. The zero-order valence-corrected chi connectivity index (χ0v) is 11.1. The van der Waals surface area contributed by atoms with Gasteiger partial charge in [0.1, 0.15) is 5.75 Å². The van der Waals surface area contributed by atoms with Gasteiger partial charge >= 0.3 is 0 Å². The van der Waals surface area contributed by atoms with Gasteiger partial charge in [0.25, 0.3) is 6.43 Å². The Morgan fingerprint density at radius 3 is 2.63 bits per heavy atom. The fourth-order valence-electron chi connectivity index (χ4n) is 3.45. The van der Waals surface area contributed by atoms with Crippen LogP contribution in [-0.4, -0.2) is 20.2 Å². The van der Waals surface area contributed by atoms with Gasteiger partial charge in [-0.3, -0.25) is 0 Å². The molecule has 3 rings (SSSR count). The highest BCUT2D eigenvalue weighted by atomic mass is 19.3. The van der Waals surface area contributed by atoms with Crippen molar-refractivity contribution in [3.8, 4) is 5.75 Å². The lowest BCUT2D eigenvalue weighted by molar-refractivity contribution is 0.000676. The first kappa shape index (κ1) is 12.9. The molecule has 1 N–H and O–H groups in total. The number of alkyl halides is 2. The van der Waals surface area contributed by atoms with Gasteiger partial charge in [-0.25, -0.2) is 8.78 Å². The number of halogens is 2. The predicted octanol–water partition coefficient (Wildman–Crippen LogP) is 3.17. The van der Waals surface area contributed by atoms with Crippen molar-refractivity contribution in [3.63, 3.8) is 0 Å². The maximum atomic E-state index is 12.6. The molecule has 1 aromatic rings. The van der Waals surface area contributed by atoms with E-state index < -0.39 is 6.43 Å². The van der Waals surface area contributed by atoms with Crippen molar-refractivity contribution in [3.05, 3.63) is 29.3 Å². The number of benzene rings is 1. The van der Waals surface area contributed by atoms with Gasteiger partial charge in [-0.1, -0.05) is 12.1 Å². The van der Waals surface area contributed by atoms with E-state index in [2.05, 4.69) is 5.32 Å². The molecule has 2 fully saturated rings. The van der Waals surface area contributed by atoms with E-state index in [1.807, 2.05) is 0 Å². The molecular weight excluding hydrogens is 248 g/mol. The van der Waals surface area contributed by atoms with Gasteiger partial charge in [-0.15, -0.1) is 0 Å². The van der Waals surface area contributed by atoms with Crippen LogP contribution in [0.4, 0.5) is 8.78 Å². The molecule has 0 bridgehead atoms. The van der Waals surface area contributed by atoms with Gasteiger partial charge in [-0.2, -0.15) is 0 Å². The van der Waals surface area contributed by atoms with Crippen molar-refractivity contribution in [2.24, 2.45) is 11.3 Å². The third kappa shape index (κ3) is 2.34. The van der Waals surface area contributed by atoms with Crippen LogP contribution in [0, 0.1) is 11.3 Å². The van der Waals surface area contributed by atoms with Crippen molar-refractivity contribution in [2.75, 3.05) is 20.2 Å². The Labute approximate surface area is 112 Å². The Kier molecular flexibility index (Phi) is 3.21. The number of nitrogens with one attached hydrogen (secondary N) is 1. The lowest BCUT2D eigenvalue weighted by Gasteiger charge is -2.54. The maximum Gasteiger partial charge on any atom is 0.263 e. The number of rotatable bonds is 4. The molecule has 2 nitrogen and oxygen atoms in total. The van der Waals surface area contributed by atoms with Crippen molar-refractivity contribution in [2.45, 2.75) is 25.7 Å². The van der Waals surface area contributed by atoms with Crippen molar-refractivity contribution < 1.29 is 13.5 Å². The summed E-state index contributed by atoms with van der Waals surface area (Å²) >= 11 is 0. The Balaban J connectivity index is 1.67. The van der Waals surface area contributed by atoms with E-state index in [1.165, 1.54) is 25.0 Å². The van der Waals surface area contributed by atoms with E-state index in [9.17, 15) is 8.78 Å². The molecule has 1 saturated heterocycles. The van der Waals surface area contributed by atoms with Crippen molar-refractivity contribution in [1.82, 2.24) is 5.32 Å². The van der Waals surface area contributed by atoms with E-state index in [4.69, 9.17) is 4.74 Å². The minimum Gasteiger partial charge on any atom is -0.496 e. The molecule has 2 aliphatic rings. The Morgan fingerprint density at radius 1 is 1.37 bits per heavy atom. The largest absolute Gasteiger partial charge is 0.496 e. The van der Waals surface area contributed by atoms with Gasteiger partial charge in [-0.05, 0) is 42.2 Å². The van der Waals surface area contributed by atoms with E-state index in [0.29, 0.717) is 17.1 Å². The first-order chi connectivity index (χ1) is 9.12. The quantitative estimate of drug-likeness (QED) is 0.904. The van der Waals surface area contributed by atoms with Crippen LogP contribution >= 0.6 is 0 Å². The third-order valence-electron chi connectivity index (χ3n) is 4.52. The molecule has 4 heteroatoms. The summed E-state index contributed by atoms with van der Waals surface area (Å²) in [6, 6.07) is 4.78. The Hall–Kier alpha value is -1.16. The van der Waals surface area contributed by atoms with Crippen molar-refractivity contribution in [1.29, 1.82) is 0 Å². The molecule has 0 aromatic heterocycles. The predicted molar refractivity (Wildman–Crippen MR) is 69.7 cm³/mol. The zero-order valence-electron chi connectivity index (χ0n) is 11.1. The molecule has 0 unspecified atom stereocenters. The molecule has 1 aliphatic heterocycles. The Morgan fingerprint density at radius 2 is 2.11 bits per heavy atom. The molecule has 1 spiro atoms. The molecular formula is C15H19F2NO. The topological polar surface area (TPSA) is 21.3 Å². The lowest BCUT2D eigenvalue weighted by Crippen LogP contribution is -2.60. The summed E-state index contributed by atoms with van der Waals surface area (Å²) in [5, 5.41) is 3.32. The third-order valence-corrected chi connectivity index (χ3v) is 4.52. The monoisotopic (exact) mass is 267 g/mol. The first-order valence-corrected chi connectivity index (χ1v) is 6.78. The highest BCUT2D eigenvalue weighted by Gasteiger charge is 2.48. The SMILES string of the molecule is COc1cc(C(F)F)ccc1CC1CC2(CNC2)C1. The van der Waals surface area contributed by atoms with Crippen LogP contribution in [0.3, 0.4) is 0 Å². The Bertz CT molecular complexity index is 463. The van der Waals surface area contributed by atoms with Gasteiger partial charge in [0.05, 0.1) is 7.11 Å². The maximum absolute atomic E-state index is 12.6. The average Bonchev–Trinajstić information content (AvgIpc) is 2.30. The summed E-state index contributed by atoms with van der Waals surface area (Å²) < 4.78 is 30.5. The molecule has 1 saturated carbocycles. The number of hydrogen-bond donors (Lipinski definition) is 1. The molecule has 0 atom stereocenters. The number of hydrogen-bond acceptors (Lipinski definition) is 2. The molecule has 1 aromatic carbocycles. The summed E-state index contributed by atoms with van der Waals surface area (Å²) in [6.45, 7) is 2.29. The standard InChI is InChI=1S/C15H19F2NO/c1-19-13-5-12(14(16)17)3-2-11(13)4-10-6-15(7-10)8-18-9-15/h2-3,5,10,14,18H,4,6-9H2,1H3. The van der Waals surface area contributed by atoms with Crippen LogP contribution in [0.1, 0.15) is 30.4 Å². The summed E-state index contributed by atoms with van der Waals surface area (Å²) in [5.41, 5.74) is 1.65. The zero-order chi connectivity index (χ0) is 13.5. The summed E-state index contributed by atoms with van der Waals surface area (Å²) in [7, 11) is 1.55. The van der Waals surface area contributed by atoms with Gasteiger partial charge in [0, 0.05) is 18.7 Å². The van der Waals surface area contributed by atoms with Crippen LogP contribution in [0.2, 0.25) is 0 Å². The van der Waals surface area contributed by atoms with Crippen LogP contribution in [0.15, 0.2) is 18.2 Å². The molecule has 19 heavy (non-hydrogen) atoms. The summed E-state index contributed by atoms with van der Waals surface area (Å²) in [5.74, 6) is 1.28. The first-order valence-electron chi connectivity index (χ1n) is 6.78. The molecule has 104 valence electrons. The second kappa shape index (κ2) is 4.75. The van der Waals surface area contributed by atoms with Crippen LogP contribution < -0.4 is 10.1 Å². The van der Waals surface area contributed by atoms with E-state index in [0.717, 1.165) is 25.1 Å². The summed E-state index contributed by atoms with van der Waals surface area (Å²) in [4.78, 5) is 0. The summed E-state index contributed by atoms with van der Waals surface area (Å²) in [6.07, 6.45) is 1.00. The lowest BCUT2D eigenvalue weighted by atomic mass is 9.57. The van der Waals surface area contributed by atoms with E-state index in [-0.39, 0.29) is 5.56 Å². The van der Waals surface area contributed by atoms with Crippen LogP contribution in [0.25, 0.3) is 0 Å². The van der Waals surface area contributed by atoms with E-state index >= 15 is 0 Å². The van der Waals surface area contributed by atoms with Gasteiger partial charge in [0.2, 0.25) is 0 Å². The van der Waals surface area contributed by atoms with Crippen molar-refractivity contribution >= 4 is 0 Å².